The number of furan rings is 1. The third kappa shape index (κ3) is 3.83. The molecule has 0 aromatic carbocycles. The maximum absolute atomic E-state index is 12.2. The second-order valence-electron chi connectivity index (χ2n) is 4.83. The highest BCUT2D eigenvalue weighted by Gasteiger charge is 2.25. The Bertz CT molecular complexity index is 471. The van der Waals surface area contributed by atoms with Crippen LogP contribution in [0.5, 0.6) is 0 Å². The number of nitrogens with zero attached hydrogens (tertiary/aromatic N) is 1. The molecule has 1 aliphatic heterocycles. The van der Waals surface area contributed by atoms with E-state index in [-0.39, 0.29) is 18.2 Å². The van der Waals surface area contributed by atoms with E-state index in [0.29, 0.717) is 23.2 Å². The van der Waals surface area contributed by atoms with Gasteiger partial charge in [-0.3, -0.25) is 9.59 Å². The number of piperidine rings is 1. The first kappa shape index (κ1) is 14.1. The Morgan fingerprint density at radius 2 is 2.32 bits per heavy atom. The Morgan fingerprint density at radius 1 is 1.53 bits per heavy atom. The third-order valence-electron chi connectivity index (χ3n) is 3.39. The quantitative estimate of drug-likeness (QED) is 0.921. The van der Waals surface area contributed by atoms with Gasteiger partial charge < -0.3 is 14.4 Å². The highest BCUT2D eigenvalue weighted by molar-refractivity contribution is 9.10. The number of likely N-dealkylation sites (tertiary alicyclic amines) is 1. The number of carbonyl (C=O) groups excluding carboxylic acids is 1. The molecular formula is C13H16BrNO4. The summed E-state index contributed by atoms with van der Waals surface area (Å²) < 4.78 is 5.61. The molecule has 1 aliphatic rings. The zero-order chi connectivity index (χ0) is 13.8. The van der Waals surface area contributed by atoms with Crippen molar-refractivity contribution in [3.63, 3.8) is 0 Å². The van der Waals surface area contributed by atoms with Crippen LogP contribution in [0.1, 0.15) is 36.0 Å². The minimum Gasteiger partial charge on any atom is -0.481 e. The molecule has 0 bridgehead atoms. The van der Waals surface area contributed by atoms with Crippen molar-refractivity contribution in [1.82, 2.24) is 4.90 Å². The average Bonchev–Trinajstić information content (AvgIpc) is 2.82. The molecule has 6 heteroatoms. The standard InChI is InChI=1S/C13H16BrNO4/c14-11-6-10(8-19-11)13(18)15-5-1-2-9(7-15)3-4-12(16)17/h6,8-9H,1-5,7H2,(H,16,17). The molecule has 2 rings (SSSR count). The first-order chi connectivity index (χ1) is 9.06. The smallest absolute Gasteiger partial charge is 0.303 e. The molecule has 104 valence electrons. The molecule has 1 amide bonds. The molecule has 1 aromatic heterocycles. The molecular weight excluding hydrogens is 314 g/mol. The van der Waals surface area contributed by atoms with Crippen LogP contribution in [-0.2, 0) is 4.79 Å². The number of amides is 1. The number of hydrogen-bond acceptors (Lipinski definition) is 3. The SMILES string of the molecule is O=C(O)CCC1CCCN(C(=O)c2coc(Br)c2)C1. The minimum atomic E-state index is -0.776. The fraction of sp³-hybridized carbons (Fsp3) is 0.538. The van der Waals surface area contributed by atoms with Gasteiger partial charge in [0.15, 0.2) is 4.67 Å². The fourth-order valence-electron chi connectivity index (χ4n) is 2.42. The van der Waals surface area contributed by atoms with Gasteiger partial charge in [0, 0.05) is 25.6 Å². The fourth-order valence-corrected chi connectivity index (χ4v) is 2.76. The molecule has 1 unspecified atom stereocenters. The molecule has 5 nitrogen and oxygen atoms in total. The summed E-state index contributed by atoms with van der Waals surface area (Å²) in [5.41, 5.74) is 0.533. The normalized spacial score (nSPS) is 19.4. The molecule has 0 spiro atoms. The molecule has 2 heterocycles. The highest BCUT2D eigenvalue weighted by Crippen LogP contribution is 2.23. The van der Waals surface area contributed by atoms with Crippen LogP contribution in [0.4, 0.5) is 0 Å². The van der Waals surface area contributed by atoms with E-state index in [0.717, 1.165) is 19.4 Å². The van der Waals surface area contributed by atoms with Crippen LogP contribution in [0.15, 0.2) is 21.4 Å². The molecule has 0 radical (unpaired) electrons. The number of aliphatic carboxylic acids is 1. The van der Waals surface area contributed by atoms with Crippen LogP contribution in [0, 0.1) is 5.92 Å². The van der Waals surface area contributed by atoms with Crippen LogP contribution >= 0.6 is 15.9 Å². The summed E-state index contributed by atoms with van der Waals surface area (Å²) in [4.78, 5) is 24.6. The zero-order valence-corrected chi connectivity index (χ0v) is 12.1. The van der Waals surface area contributed by atoms with Gasteiger partial charge >= 0.3 is 5.97 Å². The molecule has 0 aliphatic carbocycles. The molecule has 1 aromatic rings. The summed E-state index contributed by atoms with van der Waals surface area (Å²) >= 11 is 3.17. The topological polar surface area (TPSA) is 70.8 Å². The van der Waals surface area contributed by atoms with Crippen molar-refractivity contribution in [3.05, 3.63) is 22.6 Å². The number of halogens is 1. The molecule has 1 fully saturated rings. The van der Waals surface area contributed by atoms with E-state index in [1.54, 1.807) is 11.0 Å². The van der Waals surface area contributed by atoms with E-state index in [9.17, 15) is 9.59 Å². The number of hydrogen-bond donors (Lipinski definition) is 1. The summed E-state index contributed by atoms with van der Waals surface area (Å²) in [5, 5.41) is 8.70. The van der Waals surface area contributed by atoms with Crippen LogP contribution in [0.25, 0.3) is 0 Å². The molecule has 1 saturated heterocycles. The van der Waals surface area contributed by atoms with Crippen LogP contribution in [0.2, 0.25) is 0 Å². The molecule has 1 atom stereocenters. The molecule has 0 saturated carbocycles. The van der Waals surface area contributed by atoms with Gasteiger partial charge in [0.25, 0.3) is 5.91 Å². The van der Waals surface area contributed by atoms with Gasteiger partial charge in [-0.05, 0) is 41.1 Å². The first-order valence-corrected chi connectivity index (χ1v) is 7.10. The van der Waals surface area contributed by atoms with Crippen LogP contribution in [0.3, 0.4) is 0 Å². The van der Waals surface area contributed by atoms with E-state index in [2.05, 4.69) is 15.9 Å². The van der Waals surface area contributed by atoms with E-state index < -0.39 is 5.97 Å². The van der Waals surface area contributed by atoms with Gasteiger partial charge in [-0.25, -0.2) is 0 Å². The van der Waals surface area contributed by atoms with E-state index in [1.165, 1.54) is 6.26 Å². The second kappa shape index (κ2) is 6.23. The zero-order valence-electron chi connectivity index (χ0n) is 10.5. The summed E-state index contributed by atoms with van der Waals surface area (Å²) in [6.07, 6.45) is 4.16. The molecule has 19 heavy (non-hydrogen) atoms. The van der Waals surface area contributed by atoms with Gasteiger partial charge in [-0.15, -0.1) is 0 Å². The van der Waals surface area contributed by atoms with E-state index in [1.807, 2.05) is 0 Å². The predicted molar refractivity (Wildman–Crippen MR) is 71.9 cm³/mol. The van der Waals surface area contributed by atoms with Crippen molar-refractivity contribution in [3.8, 4) is 0 Å². The van der Waals surface area contributed by atoms with Gasteiger partial charge in [-0.2, -0.15) is 0 Å². The Labute approximate surface area is 119 Å². The van der Waals surface area contributed by atoms with Crippen molar-refractivity contribution in [2.24, 2.45) is 5.92 Å². The summed E-state index contributed by atoms with van der Waals surface area (Å²) in [6.45, 7) is 1.36. The largest absolute Gasteiger partial charge is 0.481 e. The average molecular weight is 330 g/mol. The van der Waals surface area contributed by atoms with Crippen LogP contribution < -0.4 is 0 Å². The number of carboxylic acids is 1. The van der Waals surface area contributed by atoms with Gasteiger partial charge in [-0.1, -0.05) is 0 Å². The lowest BCUT2D eigenvalue weighted by Gasteiger charge is -2.32. The number of carboxylic acid groups (broad SMARTS) is 1. The minimum absolute atomic E-state index is 0.0468. The lowest BCUT2D eigenvalue weighted by atomic mass is 9.93. The maximum Gasteiger partial charge on any atom is 0.303 e. The lowest BCUT2D eigenvalue weighted by molar-refractivity contribution is -0.137. The molecule has 1 N–H and O–H groups in total. The maximum atomic E-state index is 12.2. The number of rotatable bonds is 4. The van der Waals surface area contributed by atoms with Crippen molar-refractivity contribution in [1.29, 1.82) is 0 Å². The Morgan fingerprint density at radius 3 is 2.95 bits per heavy atom. The monoisotopic (exact) mass is 329 g/mol. The van der Waals surface area contributed by atoms with Gasteiger partial charge in [0.2, 0.25) is 0 Å². The van der Waals surface area contributed by atoms with Gasteiger partial charge in [0.1, 0.15) is 6.26 Å². The van der Waals surface area contributed by atoms with Crippen LogP contribution in [-0.4, -0.2) is 35.0 Å². The summed E-state index contributed by atoms with van der Waals surface area (Å²) in [6, 6.07) is 1.66. The predicted octanol–water partition coefficient (Wildman–Crippen LogP) is 2.76. The third-order valence-corrected chi connectivity index (χ3v) is 3.80. The summed E-state index contributed by atoms with van der Waals surface area (Å²) in [7, 11) is 0. The van der Waals surface area contributed by atoms with Crippen molar-refractivity contribution in [2.45, 2.75) is 25.7 Å². The van der Waals surface area contributed by atoms with E-state index in [4.69, 9.17) is 9.52 Å². The van der Waals surface area contributed by atoms with Crippen molar-refractivity contribution in [2.75, 3.05) is 13.1 Å². The Kier molecular flexibility index (Phi) is 4.63. The first-order valence-electron chi connectivity index (χ1n) is 6.31. The van der Waals surface area contributed by atoms with E-state index >= 15 is 0 Å². The van der Waals surface area contributed by atoms with Crippen molar-refractivity contribution >= 4 is 27.8 Å². The van der Waals surface area contributed by atoms with Crippen molar-refractivity contribution < 1.29 is 19.1 Å². The Hall–Kier alpha value is -1.30. The Balaban J connectivity index is 1.93. The van der Waals surface area contributed by atoms with Gasteiger partial charge in [0.05, 0.1) is 5.56 Å². The second-order valence-corrected chi connectivity index (χ2v) is 5.61. The number of carbonyl (C=O) groups is 2. The lowest BCUT2D eigenvalue weighted by Crippen LogP contribution is -2.39. The summed E-state index contributed by atoms with van der Waals surface area (Å²) in [5.74, 6) is -0.541. The highest BCUT2D eigenvalue weighted by atomic mass is 79.9.